The lowest BCUT2D eigenvalue weighted by Gasteiger charge is -2.08. The Bertz CT molecular complexity index is 114. The number of halogens is 2. The van der Waals surface area contributed by atoms with Gasteiger partial charge in [-0.2, -0.15) is 0 Å². The molecule has 0 aromatic heterocycles. The molecule has 0 aromatic carbocycles. The fourth-order valence-corrected chi connectivity index (χ4v) is 2.63. The predicted octanol–water partition coefficient (Wildman–Crippen LogP) is 6.30. The molecule has 0 N–H and O–H groups in total. The zero-order valence-electron chi connectivity index (χ0n) is 10.8. The van der Waals surface area contributed by atoms with Crippen molar-refractivity contribution in [3.05, 3.63) is 0 Å². The van der Waals surface area contributed by atoms with E-state index < -0.39 is 0 Å². The van der Waals surface area contributed by atoms with Crippen molar-refractivity contribution in [2.75, 3.05) is 5.33 Å². The van der Waals surface area contributed by atoms with Crippen molar-refractivity contribution < 1.29 is 0 Å². The Hall–Kier alpha value is 0.770. The molecule has 0 heterocycles. The first-order valence-electron chi connectivity index (χ1n) is 7.01. The van der Waals surface area contributed by atoms with Crippen LogP contribution in [-0.4, -0.2) is 10.7 Å². The Labute approximate surface area is 116 Å². The van der Waals surface area contributed by atoms with Gasteiger partial charge in [0.05, 0.1) is 0 Å². The summed E-state index contributed by atoms with van der Waals surface area (Å²) in [7, 11) is 0. The van der Waals surface area contributed by atoms with Gasteiger partial charge in [-0.25, -0.2) is 0 Å². The quantitative estimate of drug-likeness (QED) is 0.293. The van der Waals surface area contributed by atoms with E-state index in [-0.39, 0.29) is 0 Å². The van der Waals surface area contributed by atoms with E-state index in [1.54, 1.807) is 0 Å². The Morgan fingerprint density at radius 2 is 1.31 bits per heavy atom. The molecule has 16 heavy (non-hydrogen) atoms. The summed E-state index contributed by atoms with van der Waals surface area (Å²) in [6.45, 7) is 2.26. The van der Waals surface area contributed by atoms with Crippen LogP contribution >= 0.6 is 27.5 Å². The second kappa shape index (κ2) is 13.8. The van der Waals surface area contributed by atoms with Crippen LogP contribution in [0.3, 0.4) is 0 Å². The molecular formula is C14H28BrCl. The van der Waals surface area contributed by atoms with Crippen LogP contribution in [0.5, 0.6) is 0 Å². The minimum atomic E-state index is 0.436. The third kappa shape index (κ3) is 12.8. The lowest BCUT2D eigenvalue weighted by atomic mass is 10.1. The first-order valence-corrected chi connectivity index (χ1v) is 8.57. The van der Waals surface area contributed by atoms with Crippen LogP contribution in [0.25, 0.3) is 0 Å². The molecule has 0 rings (SSSR count). The van der Waals surface area contributed by atoms with Gasteiger partial charge in [-0.05, 0) is 19.3 Å². The molecule has 0 nitrogen and oxygen atoms in total. The molecule has 0 aliphatic heterocycles. The van der Waals surface area contributed by atoms with Gasteiger partial charge in [0.25, 0.3) is 0 Å². The van der Waals surface area contributed by atoms with E-state index in [2.05, 4.69) is 22.9 Å². The highest BCUT2D eigenvalue weighted by Crippen LogP contribution is 2.17. The van der Waals surface area contributed by atoms with Crippen molar-refractivity contribution in [3.8, 4) is 0 Å². The van der Waals surface area contributed by atoms with Crippen molar-refractivity contribution in [1.29, 1.82) is 0 Å². The Morgan fingerprint density at radius 3 is 1.81 bits per heavy atom. The minimum absolute atomic E-state index is 0.436. The summed E-state index contributed by atoms with van der Waals surface area (Å²) < 4.78 is 0. The molecule has 0 aromatic rings. The molecule has 0 saturated carbocycles. The molecule has 0 spiro atoms. The molecule has 0 bridgehead atoms. The van der Waals surface area contributed by atoms with Crippen LogP contribution in [0.4, 0.5) is 0 Å². The van der Waals surface area contributed by atoms with Crippen molar-refractivity contribution in [3.63, 3.8) is 0 Å². The van der Waals surface area contributed by atoms with E-state index in [0.29, 0.717) is 5.38 Å². The average molecular weight is 312 g/mol. The summed E-state index contributed by atoms with van der Waals surface area (Å²) in [6, 6.07) is 0. The Kier molecular flexibility index (Phi) is 14.5. The van der Waals surface area contributed by atoms with Gasteiger partial charge in [0.15, 0.2) is 0 Å². The molecule has 0 amide bonds. The number of unbranched alkanes of at least 4 members (excludes halogenated alkanes) is 7. The monoisotopic (exact) mass is 310 g/mol. The van der Waals surface area contributed by atoms with Gasteiger partial charge in [-0.15, -0.1) is 11.6 Å². The fraction of sp³-hybridized carbons (Fsp3) is 1.00. The third-order valence-corrected chi connectivity index (χ3v) is 4.02. The molecule has 1 unspecified atom stereocenters. The summed E-state index contributed by atoms with van der Waals surface area (Å²) in [5.74, 6) is 0. The second-order valence-corrected chi connectivity index (χ2v) is 6.10. The molecule has 0 fully saturated rings. The van der Waals surface area contributed by atoms with Crippen molar-refractivity contribution >= 4 is 27.5 Å². The van der Waals surface area contributed by atoms with Gasteiger partial charge in [-0.3, -0.25) is 0 Å². The number of hydrogen-bond donors (Lipinski definition) is 0. The average Bonchev–Trinajstić information content (AvgIpc) is 2.28. The topological polar surface area (TPSA) is 0 Å². The molecule has 0 saturated heterocycles. The first kappa shape index (κ1) is 16.8. The SMILES string of the molecule is CCCCCCCC(Cl)CCCCCCBr. The molecule has 0 radical (unpaired) electrons. The summed E-state index contributed by atoms with van der Waals surface area (Å²) in [5, 5.41) is 1.58. The van der Waals surface area contributed by atoms with E-state index in [1.165, 1.54) is 70.6 Å². The van der Waals surface area contributed by atoms with Gasteiger partial charge in [0, 0.05) is 10.7 Å². The summed E-state index contributed by atoms with van der Waals surface area (Å²) in [6.07, 6.45) is 14.6. The van der Waals surface area contributed by atoms with Crippen molar-refractivity contribution in [2.24, 2.45) is 0 Å². The molecule has 0 aliphatic rings. The zero-order chi connectivity index (χ0) is 12.1. The van der Waals surface area contributed by atoms with Gasteiger partial charge in [0.2, 0.25) is 0 Å². The van der Waals surface area contributed by atoms with Crippen LogP contribution < -0.4 is 0 Å². The number of alkyl halides is 2. The lowest BCUT2D eigenvalue weighted by molar-refractivity contribution is 0.553. The largest absolute Gasteiger partial charge is 0.123 e. The fourth-order valence-electron chi connectivity index (χ4n) is 1.93. The van der Waals surface area contributed by atoms with E-state index >= 15 is 0 Å². The molecule has 98 valence electrons. The van der Waals surface area contributed by atoms with Crippen LogP contribution in [0, 0.1) is 0 Å². The number of hydrogen-bond acceptors (Lipinski definition) is 0. The van der Waals surface area contributed by atoms with Gasteiger partial charge < -0.3 is 0 Å². The molecule has 1 atom stereocenters. The van der Waals surface area contributed by atoms with Crippen LogP contribution in [0.2, 0.25) is 0 Å². The summed E-state index contributed by atoms with van der Waals surface area (Å²) in [5.41, 5.74) is 0. The lowest BCUT2D eigenvalue weighted by Crippen LogP contribution is -1.98. The van der Waals surface area contributed by atoms with Crippen LogP contribution in [0.1, 0.15) is 77.6 Å². The van der Waals surface area contributed by atoms with Crippen molar-refractivity contribution in [1.82, 2.24) is 0 Å². The molecule has 2 heteroatoms. The smallest absolute Gasteiger partial charge is 0.0336 e. The summed E-state index contributed by atoms with van der Waals surface area (Å²) in [4.78, 5) is 0. The third-order valence-electron chi connectivity index (χ3n) is 3.02. The van der Waals surface area contributed by atoms with E-state index in [4.69, 9.17) is 11.6 Å². The first-order chi connectivity index (χ1) is 7.81. The highest BCUT2D eigenvalue weighted by atomic mass is 79.9. The maximum Gasteiger partial charge on any atom is 0.0336 e. The maximum atomic E-state index is 6.30. The van der Waals surface area contributed by atoms with E-state index in [0.717, 1.165) is 5.33 Å². The zero-order valence-corrected chi connectivity index (χ0v) is 13.2. The normalized spacial score (nSPS) is 12.9. The predicted molar refractivity (Wildman–Crippen MR) is 79.9 cm³/mol. The highest BCUT2D eigenvalue weighted by molar-refractivity contribution is 9.09. The van der Waals surface area contributed by atoms with E-state index in [1.807, 2.05) is 0 Å². The Balaban J connectivity index is 3.09. The van der Waals surface area contributed by atoms with Gasteiger partial charge in [-0.1, -0.05) is 74.2 Å². The van der Waals surface area contributed by atoms with Crippen LogP contribution in [-0.2, 0) is 0 Å². The van der Waals surface area contributed by atoms with Gasteiger partial charge in [0.1, 0.15) is 0 Å². The van der Waals surface area contributed by atoms with Crippen molar-refractivity contribution in [2.45, 2.75) is 82.9 Å². The standard InChI is InChI=1S/C14H28BrCl/c1-2-3-4-5-8-11-14(16)12-9-6-7-10-13-15/h14H,2-13H2,1H3. The number of rotatable bonds is 12. The summed E-state index contributed by atoms with van der Waals surface area (Å²) >= 11 is 9.76. The highest BCUT2D eigenvalue weighted by Gasteiger charge is 2.03. The maximum absolute atomic E-state index is 6.30. The Morgan fingerprint density at radius 1 is 0.812 bits per heavy atom. The van der Waals surface area contributed by atoms with E-state index in [9.17, 15) is 0 Å². The van der Waals surface area contributed by atoms with Crippen LogP contribution in [0.15, 0.2) is 0 Å². The second-order valence-electron chi connectivity index (χ2n) is 4.69. The molecular weight excluding hydrogens is 284 g/mol. The molecule has 0 aliphatic carbocycles. The van der Waals surface area contributed by atoms with Gasteiger partial charge >= 0.3 is 0 Å². The minimum Gasteiger partial charge on any atom is -0.123 e.